The van der Waals surface area contributed by atoms with E-state index in [1.807, 2.05) is 36.0 Å². The van der Waals surface area contributed by atoms with Crippen LogP contribution in [-0.2, 0) is 19.1 Å². The molecule has 4 atom stereocenters. The van der Waals surface area contributed by atoms with Gasteiger partial charge in [0.2, 0.25) is 5.91 Å². The number of allylic oxidation sites excluding steroid dienone is 1. The summed E-state index contributed by atoms with van der Waals surface area (Å²) < 4.78 is 9.59. The second kappa shape index (κ2) is 17.8. The maximum atomic E-state index is 13.9. The van der Waals surface area contributed by atoms with Crippen molar-refractivity contribution in [1.29, 1.82) is 0 Å². The van der Waals surface area contributed by atoms with Gasteiger partial charge in [-0.15, -0.1) is 0 Å². The Morgan fingerprint density at radius 2 is 1.38 bits per heavy atom. The minimum atomic E-state index is -0.963. The lowest BCUT2D eigenvalue weighted by Gasteiger charge is -2.30. The summed E-state index contributed by atoms with van der Waals surface area (Å²) in [5, 5.41) is 7.58. The van der Waals surface area contributed by atoms with Crippen LogP contribution >= 0.6 is 0 Å². The van der Waals surface area contributed by atoms with Crippen molar-refractivity contribution in [2.24, 2.45) is 10.9 Å². The van der Waals surface area contributed by atoms with Crippen molar-refractivity contribution in [2.75, 3.05) is 27.3 Å². The number of likely N-dealkylation sites (tertiary alicyclic amines) is 2. The lowest BCUT2D eigenvalue weighted by Crippen LogP contribution is -2.51. The fourth-order valence-electron chi connectivity index (χ4n) is 8.67. The average molecular weight is 823 g/mol. The van der Waals surface area contributed by atoms with Gasteiger partial charge in [-0.3, -0.25) is 19.6 Å². The van der Waals surface area contributed by atoms with Crippen molar-refractivity contribution >= 4 is 46.1 Å². The number of carbonyl (C=O) groups is 4. The van der Waals surface area contributed by atoms with Gasteiger partial charge in [-0.25, -0.2) is 14.6 Å². The number of hydrogen-bond donors (Lipinski definition) is 3. The summed E-state index contributed by atoms with van der Waals surface area (Å²) in [6.07, 6.45) is 7.90. The maximum Gasteiger partial charge on any atom is 0.407 e. The maximum absolute atomic E-state index is 13.9. The van der Waals surface area contributed by atoms with Crippen LogP contribution in [0.25, 0.3) is 38.7 Å². The molecule has 3 aliphatic rings. The van der Waals surface area contributed by atoms with Crippen LogP contribution < -0.4 is 10.6 Å². The van der Waals surface area contributed by atoms with Crippen molar-refractivity contribution < 1.29 is 28.7 Å². The summed E-state index contributed by atoms with van der Waals surface area (Å²) in [4.78, 5) is 72.7. The number of nitrogens with zero attached hydrogens (tertiary/aromatic N) is 5. The van der Waals surface area contributed by atoms with Crippen molar-refractivity contribution in [3.8, 4) is 22.4 Å². The van der Waals surface area contributed by atoms with E-state index in [4.69, 9.17) is 19.5 Å². The molecule has 2 saturated heterocycles. The fraction of sp³-hybridized carbons (Fsp3) is 0.340. The van der Waals surface area contributed by atoms with Gasteiger partial charge in [0.05, 0.1) is 43.9 Å². The van der Waals surface area contributed by atoms with Crippen LogP contribution in [0.3, 0.4) is 0 Å². The van der Waals surface area contributed by atoms with Crippen LogP contribution in [0.15, 0.2) is 102 Å². The molecule has 3 N–H and O–H groups in total. The number of imidazole rings is 1. The van der Waals surface area contributed by atoms with Crippen molar-refractivity contribution in [3.05, 3.63) is 115 Å². The smallest absolute Gasteiger partial charge is 0.407 e. The van der Waals surface area contributed by atoms with Gasteiger partial charge in [-0.2, -0.15) is 0 Å². The Hall–Kier alpha value is -6.83. The van der Waals surface area contributed by atoms with Gasteiger partial charge < -0.3 is 34.9 Å². The topological polar surface area (TPSA) is 171 Å². The first-order valence-electron chi connectivity index (χ1n) is 20.8. The molecule has 3 aliphatic heterocycles. The Labute approximate surface area is 354 Å². The first kappa shape index (κ1) is 40.9. The third kappa shape index (κ3) is 8.61. The second-order valence-electron chi connectivity index (χ2n) is 16.0. The van der Waals surface area contributed by atoms with E-state index >= 15 is 0 Å². The Balaban J connectivity index is 0.914. The zero-order valence-electron chi connectivity index (χ0n) is 34.8. The number of rotatable bonds is 11. The lowest BCUT2D eigenvalue weighted by atomic mass is 9.95. The number of aromatic nitrogens is 3. The average Bonchev–Trinajstić information content (AvgIpc) is 4.14. The monoisotopic (exact) mass is 822 g/mol. The van der Waals surface area contributed by atoms with Gasteiger partial charge in [0.15, 0.2) is 6.04 Å². The Morgan fingerprint density at radius 3 is 2.07 bits per heavy atom. The van der Waals surface area contributed by atoms with Crippen molar-refractivity contribution in [2.45, 2.75) is 70.1 Å². The van der Waals surface area contributed by atoms with Crippen molar-refractivity contribution in [3.63, 3.8) is 0 Å². The molecule has 14 heteroatoms. The van der Waals surface area contributed by atoms with Crippen molar-refractivity contribution in [1.82, 2.24) is 35.4 Å². The number of benzene rings is 3. The van der Waals surface area contributed by atoms with E-state index in [1.54, 1.807) is 24.4 Å². The number of methoxy groups -OCH3 is 2. The molecule has 0 aliphatic carbocycles. The SMILES string of the molecule is COC(=O)NC(C(=O)N1CCC[C@H]1C1=NC=C(c2ccc(-c3ccc4cc(-c5cnc([C@@H]6CCCN6C(=O)[C@@H](NC(=O)OC)C(C)C)[nH]5)ccc4c3)cc2)C1)c1ccccn1. The summed E-state index contributed by atoms with van der Waals surface area (Å²) in [5.74, 6) is 0.250. The number of ether oxygens (including phenoxy) is 2. The minimum Gasteiger partial charge on any atom is -0.453 e. The van der Waals surface area contributed by atoms with E-state index in [-0.39, 0.29) is 29.8 Å². The normalized spacial score (nSPS) is 18.4. The van der Waals surface area contributed by atoms with E-state index in [9.17, 15) is 19.2 Å². The number of carbonyl (C=O) groups excluding carboxylic acids is 4. The Morgan fingerprint density at radius 1 is 0.738 bits per heavy atom. The molecule has 0 radical (unpaired) electrons. The number of amides is 4. The van der Waals surface area contributed by atoms with Gasteiger partial charge in [0.1, 0.15) is 11.9 Å². The molecule has 0 saturated carbocycles. The van der Waals surface area contributed by atoms with Gasteiger partial charge in [-0.1, -0.05) is 68.4 Å². The largest absolute Gasteiger partial charge is 0.453 e. The molecular formula is C47H50N8O6. The summed E-state index contributed by atoms with van der Waals surface area (Å²) in [7, 11) is 2.56. The second-order valence-corrected chi connectivity index (χ2v) is 16.0. The highest BCUT2D eigenvalue weighted by Crippen LogP contribution is 2.35. The molecule has 0 spiro atoms. The highest BCUT2D eigenvalue weighted by atomic mass is 16.5. The summed E-state index contributed by atoms with van der Waals surface area (Å²) in [6.45, 7) is 4.97. The molecule has 4 amide bonds. The van der Waals surface area contributed by atoms with Gasteiger partial charge in [-0.05, 0) is 88.9 Å². The Bertz CT molecular complexity index is 2500. The third-order valence-electron chi connectivity index (χ3n) is 11.9. The van der Waals surface area contributed by atoms with Crippen LogP contribution in [-0.4, -0.2) is 93.9 Å². The van der Waals surface area contributed by atoms with Crippen LogP contribution in [0, 0.1) is 5.92 Å². The lowest BCUT2D eigenvalue weighted by molar-refractivity contribution is -0.135. The molecule has 1 unspecified atom stereocenters. The third-order valence-corrected chi connectivity index (χ3v) is 11.9. The highest BCUT2D eigenvalue weighted by molar-refractivity contribution is 6.04. The summed E-state index contributed by atoms with van der Waals surface area (Å²) in [5.41, 5.74) is 7.60. The number of alkyl carbamates (subject to hydrolysis) is 2. The summed E-state index contributed by atoms with van der Waals surface area (Å²) in [6, 6.07) is 24.5. The number of aliphatic imine (C=N–C) groups is 1. The molecule has 3 aromatic carbocycles. The number of nitrogens with one attached hydrogen (secondary N) is 3. The van der Waals surface area contributed by atoms with E-state index in [1.165, 1.54) is 14.2 Å². The first-order chi connectivity index (χ1) is 29.6. The highest BCUT2D eigenvalue weighted by Gasteiger charge is 2.39. The first-order valence-corrected chi connectivity index (χ1v) is 20.8. The predicted octanol–water partition coefficient (Wildman–Crippen LogP) is 7.61. The number of fused-ring (bicyclic) bond motifs is 1. The number of pyridine rings is 1. The molecule has 61 heavy (non-hydrogen) atoms. The standard InChI is InChI=1S/C47H50N8O6/c1-28(2)41(52-46(58)60-3)44(56)55-22-8-11-40(55)43-50-27-38(51-43)34-19-18-32-23-31(16-17-33(32)24-34)29-12-14-30(15-13-29)35-25-37(49-26-35)39-10-7-21-54(39)45(57)42(53-47(59)61-4)36-9-5-6-20-48-36/h5-6,9,12-20,23-24,26-28,39-42H,7-8,10-11,21-22,25H2,1-4H3,(H,50,51)(H,52,58)(H,53,59)/t39-,40-,41-,42?/m0/s1. The number of hydrogen-bond acceptors (Lipinski definition) is 9. The Kier molecular flexibility index (Phi) is 11.9. The molecule has 14 nitrogen and oxygen atoms in total. The van der Waals surface area contributed by atoms with E-state index in [0.29, 0.717) is 25.2 Å². The quantitative estimate of drug-likeness (QED) is 0.122. The van der Waals surface area contributed by atoms with Crippen LogP contribution in [0.1, 0.15) is 75.1 Å². The molecule has 0 bridgehead atoms. The van der Waals surface area contributed by atoms with E-state index < -0.39 is 24.3 Å². The molecule has 5 heterocycles. The number of aromatic amines is 1. The fourth-order valence-corrected chi connectivity index (χ4v) is 8.67. The van der Waals surface area contributed by atoms with Gasteiger partial charge >= 0.3 is 12.2 Å². The molecular weight excluding hydrogens is 773 g/mol. The van der Waals surface area contributed by atoms with Gasteiger partial charge in [0.25, 0.3) is 5.91 Å². The predicted molar refractivity (Wildman–Crippen MR) is 232 cm³/mol. The van der Waals surface area contributed by atoms with Crippen LogP contribution in [0.2, 0.25) is 0 Å². The zero-order valence-corrected chi connectivity index (χ0v) is 34.8. The molecule has 314 valence electrons. The van der Waals surface area contributed by atoms with Crippen LogP contribution in [0.4, 0.5) is 9.59 Å². The molecule has 8 rings (SSSR count). The summed E-state index contributed by atoms with van der Waals surface area (Å²) >= 11 is 0. The molecule has 5 aromatic rings. The molecule has 2 aromatic heterocycles. The van der Waals surface area contributed by atoms with E-state index in [2.05, 4.69) is 81.3 Å². The van der Waals surface area contributed by atoms with Gasteiger partial charge in [0, 0.05) is 43.2 Å². The minimum absolute atomic E-state index is 0.107. The molecule has 2 fully saturated rings. The number of H-pyrrole nitrogens is 1. The van der Waals surface area contributed by atoms with E-state index in [0.717, 1.165) is 81.5 Å². The van der Waals surface area contributed by atoms with Crippen LogP contribution in [0.5, 0.6) is 0 Å². The zero-order chi connectivity index (χ0) is 42.6.